The van der Waals surface area contributed by atoms with Crippen molar-refractivity contribution in [1.82, 2.24) is 0 Å². The lowest BCUT2D eigenvalue weighted by Gasteiger charge is -2.05. The van der Waals surface area contributed by atoms with Crippen LogP contribution < -0.4 is 5.14 Å². The Bertz CT molecular complexity index is 234. The van der Waals surface area contributed by atoms with Gasteiger partial charge in [-0.15, -0.1) is 0 Å². The molecule has 3 nitrogen and oxygen atoms in total. The summed E-state index contributed by atoms with van der Waals surface area (Å²) >= 11 is 0. The molecule has 60 valence electrons. The zero-order valence-electron chi connectivity index (χ0n) is 6.29. The van der Waals surface area contributed by atoms with Crippen molar-refractivity contribution in [2.24, 2.45) is 11.1 Å². The number of sulfonamides is 1. The molecule has 0 spiro atoms. The minimum Gasteiger partial charge on any atom is -0.228 e. The molecule has 0 amide bonds. The van der Waals surface area contributed by atoms with E-state index in [2.05, 4.69) is 0 Å². The lowest BCUT2D eigenvalue weighted by Crippen LogP contribution is -2.29. The van der Waals surface area contributed by atoms with Crippen molar-refractivity contribution in [3.8, 4) is 0 Å². The first-order valence-electron chi connectivity index (χ1n) is 3.44. The van der Waals surface area contributed by atoms with Gasteiger partial charge in [0, 0.05) is 0 Å². The molecular weight excluding hydrogens is 150 g/mol. The van der Waals surface area contributed by atoms with Crippen LogP contribution >= 0.6 is 0 Å². The SMILES string of the molecule is CCC1CC1(C)S(N)(=O)=O. The van der Waals surface area contributed by atoms with Gasteiger partial charge in [-0.25, -0.2) is 13.6 Å². The van der Waals surface area contributed by atoms with Crippen LogP contribution in [0.5, 0.6) is 0 Å². The Morgan fingerprint density at radius 1 is 1.70 bits per heavy atom. The molecule has 1 aliphatic carbocycles. The van der Waals surface area contributed by atoms with Crippen LogP contribution in [0.4, 0.5) is 0 Å². The first-order chi connectivity index (χ1) is 4.42. The smallest absolute Gasteiger partial charge is 0.214 e. The zero-order valence-corrected chi connectivity index (χ0v) is 7.11. The Balaban J connectivity index is 2.78. The van der Waals surface area contributed by atoms with Crippen LogP contribution in [0.3, 0.4) is 0 Å². The van der Waals surface area contributed by atoms with Crippen LogP contribution in [0, 0.1) is 5.92 Å². The van der Waals surface area contributed by atoms with Gasteiger partial charge in [0.15, 0.2) is 0 Å². The molecule has 0 aromatic heterocycles. The van der Waals surface area contributed by atoms with Gasteiger partial charge >= 0.3 is 0 Å². The molecule has 0 aliphatic heterocycles. The minimum absolute atomic E-state index is 0.294. The summed E-state index contributed by atoms with van der Waals surface area (Å²) in [4.78, 5) is 0. The number of nitrogens with two attached hydrogens (primary N) is 1. The number of hydrogen-bond acceptors (Lipinski definition) is 2. The van der Waals surface area contributed by atoms with E-state index < -0.39 is 14.8 Å². The molecular formula is C6H13NO2S. The largest absolute Gasteiger partial charge is 0.228 e. The maximum atomic E-state index is 10.9. The summed E-state index contributed by atoms with van der Waals surface area (Å²) in [5.41, 5.74) is 0. The van der Waals surface area contributed by atoms with Gasteiger partial charge in [-0.2, -0.15) is 0 Å². The molecule has 2 N–H and O–H groups in total. The first kappa shape index (κ1) is 8.01. The van der Waals surface area contributed by atoms with Gasteiger partial charge in [0.2, 0.25) is 10.0 Å². The molecule has 4 heteroatoms. The maximum Gasteiger partial charge on any atom is 0.214 e. The van der Waals surface area contributed by atoms with Crippen molar-refractivity contribution in [3.05, 3.63) is 0 Å². The van der Waals surface area contributed by atoms with E-state index in [0.29, 0.717) is 5.92 Å². The predicted octanol–water partition coefficient (Wildman–Crippen LogP) is 0.464. The third kappa shape index (κ3) is 0.953. The van der Waals surface area contributed by atoms with E-state index in [4.69, 9.17) is 5.14 Å². The van der Waals surface area contributed by atoms with E-state index in [1.54, 1.807) is 6.92 Å². The summed E-state index contributed by atoms with van der Waals surface area (Å²) < 4.78 is 21.1. The van der Waals surface area contributed by atoms with Crippen molar-refractivity contribution in [2.45, 2.75) is 31.4 Å². The van der Waals surface area contributed by atoms with Gasteiger partial charge < -0.3 is 0 Å². The topological polar surface area (TPSA) is 60.2 Å². The fourth-order valence-electron chi connectivity index (χ4n) is 1.35. The molecule has 1 aliphatic rings. The molecule has 0 aromatic rings. The highest BCUT2D eigenvalue weighted by Gasteiger charge is 2.57. The molecule has 2 unspecified atom stereocenters. The molecule has 1 fully saturated rings. The summed E-state index contributed by atoms with van der Waals surface area (Å²) in [6.45, 7) is 3.71. The van der Waals surface area contributed by atoms with Crippen molar-refractivity contribution in [2.75, 3.05) is 0 Å². The van der Waals surface area contributed by atoms with Crippen LogP contribution in [0.2, 0.25) is 0 Å². The summed E-state index contributed by atoms with van der Waals surface area (Å²) in [6.07, 6.45) is 1.65. The Morgan fingerprint density at radius 3 is 2.30 bits per heavy atom. The summed E-state index contributed by atoms with van der Waals surface area (Å²) in [5.74, 6) is 0.294. The molecule has 10 heavy (non-hydrogen) atoms. The fourth-order valence-corrected chi connectivity index (χ4v) is 2.42. The van der Waals surface area contributed by atoms with E-state index in [1.165, 1.54) is 0 Å². The van der Waals surface area contributed by atoms with Gasteiger partial charge in [0.25, 0.3) is 0 Å². The summed E-state index contributed by atoms with van der Waals surface area (Å²) in [6, 6.07) is 0. The standard InChI is InChI=1S/C6H13NO2S/c1-3-5-4-6(5,2)10(7,8)9/h5H,3-4H2,1-2H3,(H2,7,8,9). The Morgan fingerprint density at radius 2 is 2.20 bits per heavy atom. The maximum absolute atomic E-state index is 10.9. The molecule has 0 radical (unpaired) electrons. The van der Waals surface area contributed by atoms with E-state index in [-0.39, 0.29) is 0 Å². The van der Waals surface area contributed by atoms with Gasteiger partial charge in [-0.3, -0.25) is 0 Å². The summed E-state index contributed by atoms with van der Waals surface area (Å²) in [7, 11) is -3.29. The van der Waals surface area contributed by atoms with Crippen LogP contribution in [-0.2, 0) is 10.0 Å². The lowest BCUT2D eigenvalue weighted by atomic mass is 10.3. The van der Waals surface area contributed by atoms with E-state index in [0.717, 1.165) is 12.8 Å². The van der Waals surface area contributed by atoms with Crippen LogP contribution in [0.15, 0.2) is 0 Å². The Hall–Kier alpha value is -0.0900. The van der Waals surface area contributed by atoms with E-state index in [1.807, 2.05) is 6.92 Å². The predicted molar refractivity (Wildman–Crippen MR) is 39.9 cm³/mol. The number of rotatable bonds is 2. The van der Waals surface area contributed by atoms with Gasteiger partial charge in [0.1, 0.15) is 0 Å². The molecule has 1 rings (SSSR count). The van der Waals surface area contributed by atoms with Gasteiger partial charge in [-0.05, 0) is 19.3 Å². The van der Waals surface area contributed by atoms with Crippen molar-refractivity contribution >= 4 is 10.0 Å². The average molecular weight is 163 g/mol. The third-order valence-electron chi connectivity index (χ3n) is 2.50. The molecule has 0 heterocycles. The highest BCUT2D eigenvalue weighted by molar-refractivity contribution is 7.90. The van der Waals surface area contributed by atoms with Crippen LogP contribution in [0.1, 0.15) is 26.7 Å². The zero-order chi connectivity index (χ0) is 7.99. The molecule has 1 saturated carbocycles. The normalized spacial score (nSPS) is 39.7. The fraction of sp³-hybridized carbons (Fsp3) is 1.00. The number of hydrogen-bond donors (Lipinski definition) is 1. The van der Waals surface area contributed by atoms with E-state index in [9.17, 15) is 8.42 Å². The Kier molecular flexibility index (Phi) is 1.56. The van der Waals surface area contributed by atoms with Gasteiger partial charge in [-0.1, -0.05) is 13.3 Å². The monoisotopic (exact) mass is 163 g/mol. The highest BCUT2D eigenvalue weighted by atomic mass is 32.2. The Labute approximate surface area is 61.7 Å². The lowest BCUT2D eigenvalue weighted by molar-refractivity contribution is 0.574. The quantitative estimate of drug-likeness (QED) is 0.643. The molecule has 2 atom stereocenters. The van der Waals surface area contributed by atoms with E-state index >= 15 is 0 Å². The minimum atomic E-state index is -3.29. The molecule has 0 aromatic carbocycles. The van der Waals surface area contributed by atoms with Crippen LogP contribution in [0.25, 0.3) is 0 Å². The average Bonchev–Trinajstić information content (AvgIpc) is 2.41. The van der Waals surface area contributed by atoms with Crippen molar-refractivity contribution < 1.29 is 8.42 Å². The summed E-state index contributed by atoms with van der Waals surface area (Å²) in [5, 5.41) is 5.01. The number of primary sulfonamides is 1. The molecule has 0 saturated heterocycles. The van der Waals surface area contributed by atoms with Crippen LogP contribution in [-0.4, -0.2) is 13.2 Å². The third-order valence-corrected chi connectivity index (χ3v) is 4.30. The second-order valence-electron chi connectivity index (χ2n) is 3.17. The van der Waals surface area contributed by atoms with Crippen molar-refractivity contribution in [3.63, 3.8) is 0 Å². The van der Waals surface area contributed by atoms with Gasteiger partial charge in [0.05, 0.1) is 4.75 Å². The molecule has 0 bridgehead atoms. The highest BCUT2D eigenvalue weighted by Crippen LogP contribution is 2.50. The first-order valence-corrected chi connectivity index (χ1v) is 4.99. The van der Waals surface area contributed by atoms with Crippen molar-refractivity contribution in [1.29, 1.82) is 0 Å². The second-order valence-corrected chi connectivity index (χ2v) is 5.19. The second kappa shape index (κ2) is 1.95.